The standard InChI is InChI=1S/C71H68N4O/c1-46-37-66(72-44-59(46)47-21-13-12-14-22-47)75-62-28-16-15-25-57(62)58-33-32-54(43-65(58)75)76-53-24-19-23-52(42-53)73-45-74(64-30-18-17-29-63(64)73)67-55(48-31-34-60-61(40-48)71(10,11)36-35-70(60,8)9)26-20-27-56(67)49-38-50(68(2,3)4)41-51(39-49)69(5,6)7/h12-34,37-44H,35-36H2,1-11H3/i1D3,8D3,9D3,10D3,11D3,31D,34D,35D2,36D2,40D. The van der Waals surface area contributed by atoms with E-state index in [4.69, 9.17) is 30.3 Å². The average molecular weight is 1020 g/mol. The molecular formula is C71H68N4O. The third kappa shape index (κ3) is 8.60. The van der Waals surface area contributed by atoms with E-state index in [1.807, 2.05) is 131 Å². The topological polar surface area (TPSA) is 35.9 Å². The lowest BCUT2D eigenvalue weighted by molar-refractivity contribution is -0.571. The number of para-hydroxylation sites is 4. The van der Waals surface area contributed by atoms with Crippen LogP contribution in [0.5, 0.6) is 11.5 Å². The van der Waals surface area contributed by atoms with E-state index in [9.17, 15) is 9.60 Å². The summed E-state index contributed by atoms with van der Waals surface area (Å²) in [4.78, 5) is 4.87. The number of benzene rings is 8. The van der Waals surface area contributed by atoms with Gasteiger partial charge in [-0.3, -0.25) is 13.7 Å². The van der Waals surface area contributed by atoms with E-state index in [-0.39, 0.29) is 16.8 Å². The number of rotatable bonds is 8. The number of nitrogens with zero attached hydrogens (tertiary/aromatic N) is 4. The molecule has 1 aliphatic rings. The first-order valence-electron chi connectivity index (χ1n) is 36.1. The second-order valence-corrected chi connectivity index (χ2v) is 21.6. The predicted octanol–water partition coefficient (Wildman–Crippen LogP) is 18.2. The van der Waals surface area contributed by atoms with Crippen LogP contribution in [0.25, 0.3) is 83.4 Å². The van der Waals surface area contributed by atoms with Crippen molar-refractivity contribution in [1.29, 1.82) is 0 Å². The van der Waals surface area contributed by atoms with Crippen molar-refractivity contribution in [2.75, 3.05) is 0 Å². The first-order valence-corrected chi connectivity index (χ1v) is 25.1. The molecule has 8 aromatic carbocycles. The molecule has 0 aliphatic heterocycles. The van der Waals surface area contributed by atoms with E-state index >= 15 is 0 Å². The van der Waals surface area contributed by atoms with Gasteiger partial charge in [0.2, 0.25) is 0 Å². The number of aromatic nitrogens is 4. The minimum absolute atomic E-state index is 0.0846. The normalized spacial score (nSPS) is 20.8. The molecule has 0 fully saturated rings. The molecule has 0 amide bonds. The summed E-state index contributed by atoms with van der Waals surface area (Å²) in [6, 6.07) is 45.0. The molecule has 5 heteroatoms. The molecule has 3 heterocycles. The summed E-state index contributed by atoms with van der Waals surface area (Å²) in [6.07, 6.45) is -3.97. The Hall–Kier alpha value is -8.02. The summed E-state index contributed by atoms with van der Waals surface area (Å²) in [5.41, 5.74) is -6.72. The zero-order chi connectivity index (χ0) is 71.6. The number of imidazole rings is 1. The van der Waals surface area contributed by atoms with Crippen molar-refractivity contribution in [3.8, 4) is 62.1 Å². The highest BCUT2D eigenvalue weighted by Crippen LogP contribution is 2.48. The Bertz CT molecular complexity index is 4960. The SMILES string of the molecule is [2H]c1c([2H])c2c(c([2H])c1-c1cccc(-c3cc(C(C)(C)C)cc(C(C)(C)C)c3)c1-[n+]1[c-]n(-c3cccc(Oc4ccc5c6ccccc6n(-c6cc(C([2H])([2H])[2H])c(-c7ccccc7)cn6)c5c4)c3)c3ccccc31)C(C([2H])([2H])[2H])(C([2H])([2H])[2H])C([2H])([2H])C([2H])([2H])C2(C([2H])([2H])[2H])C([2H])([2H])[2H]. The van der Waals surface area contributed by atoms with Gasteiger partial charge in [0.25, 0.3) is 6.33 Å². The van der Waals surface area contributed by atoms with Crippen LogP contribution in [0.1, 0.15) is 140 Å². The Morgan fingerprint density at radius 2 is 1.25 bits per heavy atom. The van der Waals surface area contributed by atoms with Crippen LogP contribution < -0.4 is 9.30 Å². The number of hydrogen-bond donors (Lipinski definition) is 0. The summed E-state index contributed by atoms with van der Waals surface area (Å²) in [5.74, 6) is 1.11. The maximum absolute atomic E-state index is 10.4. The maximum Gasteiger partial charge on any atom is 0.269 e. The van der Waals surface area contributed by atoms with Gasteiger partial charge >= 0.3 is 0 Å². The number of ether oxygens (including phenoxy) is 1. The highest BCUT2D eigenvalue weighted by atomic mass is 16.5. The summed E-state index contributed by atoms with van der Waals surface area (Å²) in [7, 11) is 0. The lowest BCUT2D eigenvalue weighted by Gasteiger charge is -2.42. The quantitative estimate of drug-likeness (QED) is 0.112. The molecule has 0 radical (unpaired) electrons. The molecule has 3 aromatic heterocycles. The molecule has 0 atom stereocenters. The molecule has 11 aromatic rings. The van der Waals surface area contributed by atoms with Crippen LogP contribution in [-0.4, -0.2) is 14.1 Å². The predicted molar refractivity (Wildman–Crippen MR) is 316 cm³/mol. The van der Waals surface area contributed by atoms with Crippen LogP contribution in [0.2, 0.25) is 0 Å². The van der Waals surface area contributed by atoms with Gasteiger partial charge in [-0.15, -0.1) is 0 Å². The van der Waals surface area contributed by atoms with Gasteiger partial charge in [-0.05, 0) is 139 Å². The van der Waals surface area contributed by atoms with Crippen LogP contribution in [0.3, 0.4) is 0 Å². The van der Waals surface area contributed by atoms with Crippen molar-refractivity contribution in [2.45, 2.75) is 110 Å². The smallest absolute Gasteiger partial charge is 0.269 e. The lowest BCUT2D eigenvalue weighted by Crippen LogP contribution is -2.34. The summed E-state index contributed by atoms with van der Waals surface area (Å²) >= 11 is 0. The summed E-state index contributed by atoms with van der Waals surface area (Å²) < 4.78 is 214. The number of aryl methyl sites for hydroxylation is 1. The Morgan fingerprint density at radius 1 is 0.592 bits per heavy atom. The Kier molecular flexibility index (Phi) is 7.12. The largest absolute Gasteiger partial charge is 0.458 e. The van der Waals surface area contributed by atoms with Crippen LogP contribution >= 0.6 is 0 Å². The van der Waals surface area contributed by atoms with E-state index in [0.717, 1.165) is 27.4 Å². The molecule has 0 saturated carbocycles. The van der Waals surface area contributed by atoms with Crippen molar-refractivity contribution >= 4 is 32.8 Å². The van der Waals surface area contributed by atoms with E-state index in [2.05, 4.69) is 12.4 Å². The molecule has 1 aliphatic carbocycles. The van der Waals surface area contributed by atoms with E-state index < -0.39 is 103 Å². The molecule has 0 N–H and O–H groups in total. The van der Waals surface area contributed by atoms with Gasteiger partial charge in [0.1, 0.15) is 17.3 Å². The van der Waals surface area contributed by atoms with Gasteiger partial charge < -0.3 is 4.74 Å². The summed E-state index contributed by atoms with van der Waals surface area (Å²) in [5, 5.41) is 1.72. The van der Waals surface area contributed by atoms with Crippen molar-refractivity contribution in [1.82, 2.24) is 14.1 Å². The molecule has 0 bridgehead atoms. The third-order valence-corrected chi connectivity index (χ3v) is 14.2. The molecule has 0 saturated heterocycles. The fraction of sp³-hybridized carbons (Fsp3) is 0.239. The van der Waals surface area contributed by atoms with Gasteiger partial charge in [0.15, 0.2) is 0 Å². The van der Waals surface area contributed by atoms with Crippen molar-refractivity contribution in [3.05, 3.63) is 222 Å². The highest BCUT2D eigenvalue weighted by Gasteiger charge is 2.37. The van der Waals surface area contributed by atoms with Crippen LogP contribution in [0, 0.1) is 13.2 Å². The van der Waals surface area contributed by atoms with Gasteiger partial charge in [0, 0.05) is 54.6 Å². The first-order chi connectivity index (χ1) is 45.3. The van der Waals surface area contributed by atoms with Crippen LogP contribution in [0.15, 0.2) is 188 Å². The second-order valence-electron chi connectivity index (χ2n) is 21.6. The van der Waals surface area contributed by atoms with E-state index in [1.165, 1.54) is 6.07 Å². The van der Waals surface area contributed by atoms with Crippen LogP contribution in [0.4, 0.5) is 0 Å². The van der Waals surface area contributed by atoms with Gasteiger partial charge in [-0.25, -0.2) is 4.98 Å². The van der Waals surface area contributed by atoms with Gasteiger partial charge in [-0.1, -0.05) is 202 Å². The van der Waals surface area contributed by atoms with E-state index in [0.29, 0.717) is 61.8 Å². The van der Waals surface area contributed by atoms with Gasteiger partial charge in [0.05, 0.1) is 37.6 Å². The molecule has 378 valence electrons. The molecule has 76 heavy (non-hydrogen) atoms. The fourth-order valence-electron chi connectivity index (χ4n) is 10.2. The molecule has 0 unspecified atom stereocenters. The van der Waals surface area contributed by atoms with Crippen molar-refractivity contribution in [2.24, 2.45) is 0 Å². The van der Waals surface area contributed by atoms with Crippen molar-refractivity contribution in [3.63, 3.8) is 0 Å². The number of pyridine rings is 1. The zero-order valence-electron chi connectivity index (χ0n) is 64.9. The highest BCUT2D eigenvalue weighted by molar-refractivity contribution is 6.09. The molecular weight excluding hydrogens is 925 g/mol. The minimum atomic E-state index is -4.53. The summed E-state index contributed by atoms with van der Waals surface area (Å²) in [6.45, 7) is -7.28. The monoisotopic (exact) mass is 1010 g/mol. The maximum atomic E-state index is 10.4. The number of hydrogen-bond acceptors (Lipinski definition) is 2. The minimum Gasteiger partial charge on any atom is -0.458 e. The average Bonchev–Trinajstić information content (AvgIpc) is 0.661. The zero-order valence-corrected chi connectivity index (χ0v) is 42.9. The fourth-order valence-corrected chi connectivity index (χ4v) is 10.2. The second kappa shape index (κ2) is 18.1. The Balaban J connectivity index is 1.11. The molecule has 5 nitrogen and oxygen atoms in total. The van der Waals surface area contributed by atoms with E-state index in [1.54, 1.807) is 82.1 Å². The van der Waals surface area contributed by atoms with Crippen LogP contribution in [-0.2, 0) is 21.7 Å². The Morgan fingerprint density at radius 3 is 1.99 bits per heavy atom. The number of fused-ring (bicyclic) bond motifs is 5. The molecule has 0 spiro atoms. The third-order valence-electron chi connectivity index (χ3n) is 14.2. The molecule has 12 rings (SSSR count). The van der Waals surface area contributed by atoms with Gasteiger partial charge in [-0.2, -0.15) is 0 Å². The van der Waals surface area contributed by atoms with Crippen molar-refractivity contribution < 1.29 is 39.5 Å². The first kappa shape index (κ1) is 29.9. The Labute approximate surface area is 480 Å². The lowest BCUT2D eigenvalue weighted by atomic mass is 9.63.